The average molecular weight is 410 g/mol. The Balaban J connectivity index is 1.45. The van der Waals surface area contributed by atoms with Gasteiger partial charge in [-0.2, -0.15) is 0 Å². The second kappa shape index (κ2) is 8.36. The number of H-pyrrole nitrogens is 1. The maximum Gasteiger partial charge on any atom is 0.253 e. The average Bonchev–Trinajstić information content (AvgIpc) is 3.16. The molecule has 0 aliphatic heterocycles. The van der Waals surface area contributed by atoms with E-state index in [4.69, 9.17) is 11.6 Å². The topological polar surface area (TPSA) is 83.6 Å². The predicted octanol–water partition coefficient (Wildman–Crippen LogP) is 4.18. The molecule has 2 N–H and O–H groups in total. The van der Waals surface area contributed by atoms with E-state index in [1.54, 1.807) is 30.6 Å². The predicted molar refractivity (Wildman–Crippen MR) is 109 cm³/mol. The molecule has 1 aromatic carbocycles. The molecule has 3 heterocycles. The molecule has 6 nitrogen and oxygen atoms in total. The number of nitrogens with zero attached hydrogens (tertiary/aromatic N) is 3. The zero-order chi connectivity index (χ0) is 20.2. The molecule has 0 aliphatic carbocycles. The maximum absolute atomic E-state index is 13.1. The molecule has 0 saturated carbocycles. The molecule has 0 aliphatic rings. The van der Waals surface area contributed by atoms with Crippen molar-refractivity contribution in [2.75, 3.05) is 6.54 Å². The molecule has 1 amide bonds. The molecule has 0 spiro atoms. The summed E-state index contributed by atoms with van der Waals surface area (Å²) in [4.78, 5) is 28.4. The summed E-state index contributed by atoms with van der Waals surface area (Å²) >= 11 is 5.88. The summed E-state index contributed by atoms with van der Waals surface area (Å²) in [7, 11) is 0. The molecule has 0 saturated heterocycles. The van der Waals surface area contributed by atoms with Gasteiger partial charge in [-0.25, -0.2) is 19.3 Å². The Hall–Kier alpha value is -3.32. The fourth-order valence-corrected chi connectivity index (χ4v) is 3.22. The number of carbonyl (C=O) groups is 1. The summed E-state index contributed by atoms with van der Waals surface area (Å²) in [6.45, 7) is 0.512. The lowest BCUT2D eigenvalue weighted by Crippen LogP contribution is -2.25. The van der Waals surface area contributed by atoms with Crippen LogP contribution in [-0.4, -0.2) is 32.4 Å². The van der Waals surface area contributed by atoms with Crippen molar-refractivity contribution >= 4 is 28.7 Å². The molecule has 8 heteroatoms. The lowest BCUT2D eigenvalue weighted by Gasteiger charge is -2.06. The minimum Gasteiger partial charge on any atom is -0.352 e. The van der Waals surface area contributed by atoms with Gasteiger partial charge in [-0.1, -0.05) is 11.6 Å². The van der Waals surface area contributed by atoms with Crippen LogP contribution in [0.1, 0.15) is 22.3 Å². The quantitative estimate of drug-likeness (QED) is 0.369. The second-order valence-electron chi connectivity index (χ2n) is 6.49. The van der Waals surface area contributed by atoms with Gasteiger partial charge >= 0.3 is 0 Å². The lowest BCUT2D eigenvalue weighted by molar-refractivity contribution is 0.0954. The third-order valence-electron chi connectivity index (χ3n) is 4.47. The van der Waals surface area contributed by atoms with Crippen LogP contribution in [0.25, 0.3) is 22.6 Å². The number of imidazole rings is 1. The Bertz CT molecular complexity index is 1160. The molecular weight excluding hydrogens is 393 g/mol. The first kappa shape index (κ1) is 19.0. The number of rotatable bonds is 6. The van der Waals surface area contributed by atoms with Crippen LogP contribution in [0.15, 0.2) is 54.9 Å². The first-order valence-electron chi connectivity index (χ1n) is 9.09. The van der Waals surface area contributed by atoms with Crippen LogP contribution in [0.2, 0.25) is 5.15 Å². The zero-order valence-corrected chi connectivity index (χ0v) is 16.1. The number of benzene rings is 1. The minimum absolute atomic E-state index is 0.220. The number of hydrogen-bond donors (Lipinski definition) is 2. The van der Waals surface area contributed by atoms with E-state index in [9.17, 15) is 9.18 Å². The van der Waals surface area contributed by atoms with E-state index >= 15 is 0 Å². The number of pyridine rings is 2. The number of aromatic nitrogens is 4. The fourth-order valence-electron chi connectivity index (χ4n) is 3.03. The Morgan fingerprint density at radius 3 is 2.69 bits per heavy atom. The van der Waals surface area contributed by atoms with Crippen molar-refractivity contribution in [3.05, 3.63) is 77.0 Å². The van der Waals surface area contributed by atoms with E-state index in [-0.39, 0.29) is 11.7 Å². The Morgan fingerprint density at radius 1 is 1.10 bits per heavy atom. The molecule has 29 heavy (non-hydrogen) atoms. The molecular formula is C21H17ClFN5O. The van der Waals surface area contributed by atoms with Crippen molar-refractivity contribution in [1.82, 2.24) is 25.3 Å². The summed E-state index contributed by atoms with van der Waals surface area (Å²) < 4.78 is 13.1. The largest absolute Gasteiger partial charge is 0.352 e. The van der Waals surface area contributed by atoms with Crippen molar-refractivity contribution in [3.8, 4) is 11.4 Å². The van der Waals surface area contributed by atoms with Crippen molar-refractivity contribution < 1.29 is 9.18 Å². The van der Waals surface area contributed by atoms with Crippen molar-refractivity contribution in [2.24, 2.45) is 0 Å². The van der Waals surface area contributed by atoms with Crippen LogP contribution in [0.3, 0.4) is 0 Å². The fraction of sp³-hybridized carbons (Fsp3) is 0.143. The van der Waals surface area contributed by atoms with Gasteiger partial charge in [0, 0.05) is 24.5 Å². The highest BCUT2D eigenvalue weighted by molar-refractivity contribution is 6.29. The molecule has 146 valence electrons. The highest BCUT2D eigenvalue weighted by Gasteiger charge is 2.15. The Kier molecular flexibility index (Phi) is 5.48. The molecule has 0 fully saturated rings. The lowest BCUT2D eigenvalue weighted by atomic mass is 10.1. The van der Waals surface area contributed by atoms with Gasteiger partial charge in [0.1, 0.15) is 22.3 Å². The summed E-state index contributed by atoms with van der Waals surface area (Å²) in [5.41, 5.74) is 3.20. The Labute approximate surface area is 171 Å². The van der Waals surface area contributed by atoms with Crippen molar-refractivity contribution in [1.29, 1.82) is 0 Å². The monoisotopic (exact) mass is 409 g/mol. The van der Waals surface area contributed by atoms with Gasteiger partial charge in [0.2, 0.25) is 0 Å². The van der Waals surface area contributed by atoms with Gasteiger partial charge in [-0.05, 0) is 60.9 Å². The Morgan fingerprint density at radius 2 is 1.90 bits per heavy atom. The van der Waals surface area contributed by atoms with Crippen LogP contribution in [-0.2, 0) is 6.42 Å². The number of aryl methyl sites for hydroxylation is 1. The minimum atomic E-state index is -0.322. The number of nitrogens with one attached hydrogen (secondary N) is 2. The van der Waals surface area contributed by atoms with Gasteiger partial charge in [-0.3, -0.25) is 4.79 Å². The smallest absolute Gasteiger partial charge is 0.253 e. The molecule has 4 rings (SSSR count). The number of hydrogen-bond acceptors (Lipinski definition) is 4. The maximum atomic E-state index is 13.1. The number of carbonyl (C=O) groups excluding carboxylic acids is 1. The van der Waals surface area contributed by atoms with Gasteiger partial charge in [0.05, 0.1) is 5.56 Å². The number of amides is 1. The van der Waals surface area contributed by atoms with E-state index in [0.29, 0.717) is 39.8 Å². The van der Waals surface area contributed by atoms with E-state index in [1.807, 2.05) is 12.1 Å². The molecule has 0 unspecified atom stereocenters. The van der Waals surface area contributed by atoms with Gasteiger partial charge in [-0.15, -0.1) is 0 Å². The van der Waals surface area contributed by atoms with Gasteiger partial charge < -0.3 is 10.3 Å². The molecule has 0 bridgehead atoms. The number of halogens is 2. The van der Waals surface area contributed by atoms with Crippen LogP contribution >= 0.6 is 11.6 Å². The van der Waals surface area contributed by atoms with Crippen LogP contribution in [0, 0.1) is 5.82 Å². The normalized spacial score (nSPS) is 11.0. The highest BCUT2D eigenvalue weighted by Crippen LogP contribution is 2.22. The third-order valence-corrected chi connectivity index (χ3v) is 4.67. The van der Waals surface area contributed by atoms with E-state index in [2.05, 4.69) is 25.3 Å². The van der Waals surface area contributed by atoms with Gasteiger partial charge in [0.15, 0.2) is 5.65 Å². The van der Waals surface area contributed by atoms with Crippen LogP contribution in [0.5, 0.6) is 0 Å². The zero-order valence-electron chi connectivity index (χ0n) is 15.3. The summed E-state index contributed by atoms with van der Waals surface area (Å²) in [6, 6.07) is 11.3. The van der Waals surface area contributed by atoms with Crippen molar-refractivity contribution in [2.45, 2.75) is 12.8 Å². The van der Waals surface area contributed by atoms with E-state index in [0.717, 1.165) is 18.4 Å². The van der Waals surface area contributed by atoms with Gasteiger partial charge in [0.25, 0.3) is 5.91 Å². The molecule has 4 aromatic rings. The molecule has 3 aromatic heterocycles. The summed E-state index contributed by atoms with van der Waals surface area (Å²) in [6.07, 6.45) is 4.77. The SMILES string of the molecule is O=C(NCCCc1ccnc(Cl)c1)c1ccnc2[nH]c(-c3ccc(F)cc3)nc12. The van der Waals surface area contributed by atoms with E-state index < -0.39 is 0 Å². The van der Waals surface area contributed by atoms with Crippen molar-refractivity contribution in [3.63, 3.8) is 0 Å². The molecule has 0 radical (unpaired) electrons. The summed E-state index contributed by atoms with van der Waals surface area (Å²) in [5, 5.41) is 3.37. The highest BCUT2D eigenvalue weighted by atomic mass is 35.5. The third kappa shape index (κ3) is 4.41. The first-order chi connectivity index (χ1) is 14.1. The number of fused-ring (bicyclic) bond motifs is 1. The second-order valence-corrected chi connectivity index (χ2v) is 6.88. The van der Waals surface area contributed by atoms with Crippen LogP contribution in [0.4, 0.5) is 4.39 Å². The first-order valence-corrected chi connectivity index (χ1v) is 9.47. The standard InChI is InChI=1S/C21H17ClFN5O/c22-17-12-13(7-10-24-17)2-1-9-26-21(29)16-8-11-25-20-18(16)27-19(28-20)14-3-5-15(23)6-4-14/h3-8,10-12H,1-2,9H2,(H,26,29)(H,25,27,28). The summed E-state index contributed by atoms with van der Waals surface area (Å²) in [5.74, 6) is -0.0123. The van der Waals surface area contributed by atoms with Crippen LogP contribution < -0.4 is 5.32 Å². The van der Waals surface area contributed by atoms with E-state index in [1.165, 1.54) is 12.1 Å². The molecule has 0 atom stereocenters. The number of aromatic amines is 1.